The van der Waals surface area contributed by atoms with Crippen LogP contribution in [0.2, 0.25) is 0 Å². The average molecular weight is 319 g/mol. The van der Waals surface area contributed by atoms with Gasteiger partial charge in [0.05, 0.1) is 5.69 Å². The highest BCUT2D eigenvalue weighted by Gasteiger charge is 2.17. The molecule has 8 heteroatoms. The topological polar surface area (TPSA) is 125 Å². The number of benzene rings is 1. The molecule has 4 N–H and O–H groups in total. The van der Waals surface area contributed by atoms with Crippen molar-refractivity contribution in [2.24, 2.45) is 0 Å². The number of rotatable bonds is 3. The van der Waals surface area contributed by atoms with Crippen molar-refractivity contribution in [2.75, 3.05) is 5.32 Å². The largest absolute Gasteiger partial charge is 0.507 e. The maximum atomic E-state index is 11.8. The Morgan fingerprint density at radius 3 is 2.52 bits per heavy atom. The lowest BCUT2D eigenvalue weighted by molar-refractivity contribution is 0.0634. The molecule has 8 nitrogen and oxygen atoms in total. The molecular weight excluding hydrogens is 302 g/mol. The molecule has 1 heterocycles. The van der Waals surface area contributed by atoms with Gasteiger partial charge in [-0.1, -0.05) is 0 Å². The number of phenols is 1. The zero-order valence-electron chi connectivity index (χ0n) is 12.9. The van der Waals surface area contributed by atoms with Crippen LogP contribution in [0.4, 0.5) is 10.5 Å². The van der Waals surface area contributed by atoms with E-state index in [1.165, 1.54) is 24.3 Å². The number of phenolic OH excluding ortho intramolecular Hbond substituents is 1. The van der Waals surface area contributed by atoms with E-state index in [4.69, 9.17) is 9.84 Å². The minimum absolute atomic E-state index is 0.0943. The second kappa shape index (κ2) is 5.99. The monoisotopic (exact) mass is 319 g/mol. The smallest absolute Gasteiger partial charge is 0.412 e. The van der Waals surface area contributed by atoms with Crippen LogP contribution >= 0.6 is 0 Å². The Kier molecular flexibility index (Phi) is 4.26. The molecule has 0 aliphatic heterocycles. The summed E-state index contributed by atoms with van der Waals surface area (Å²) in [7, 11) is 0. The standard InChI is InChI=1S/C15H17N3O5/c1-15(2,3)23-14(22)16-8-4-5-12(19)9(6-8)10-7-11(13(20)21)18-17-10/h4-7,19H,1-3H3,(H,16,22)(H,17,18)(H,20,21). The molecule has 0 aliphatic carbocycles. The number of nitrogens with one attached hydrogen (secondary N) is 2. The fourth-order valence-electron chi connectivity index (χ4n) is 1.81. The number of hydrogen-bond acceptors (Lipinski definition) is 5. The molecule has 0 saturated heterocycles. The van der Waals surface area contributed by atoms with E-state index >= 15 is 0 Å². The van der Waals surface area contributed by atoms with Crippen LogP contribution in [0.15, 0.2) is 24.3 Å². The molecule has 23 heavy (non-hydrogen) atoms. The van der Waals surface area contributed by atoms with Gasteiger partial charge in [0.15, 0.2) is 0 Å². The number of aromatic hydroxyl groups is 1. The van der Waals surface area contributed by atoms with Crippen molar-refractivity contribution in [2.45, 2.75) is 26.4 Å². The van der Waals surface area contributed by atoms with Crippen LogP contribution in [0.3, 0.4) is 0 Å². The van der Waals surface area contributed by atoms with Gasteiger partial charge in [-0.25, -0.2) is 9.59 Å². The van der Waals surface area contributed by atoms with Crippen molar-refractivity contribution in [1.82, 2.24) is 10.2 Å². The Hall–Kier alpha value is -3.03. The predicted octanol–water partition coefficient (Wildman–Crippen LogP) is 2.83. The molecular formula is C15H17N3O5. The summed E-state index contributed by atoms with van der Waals surface area (Å²) in [6, 6.07) is 5.63. The highest BCUT2D eigenvalue weighted by atomic mass is 16.6. The number of aromatic nitrogens is 2. The molecule has 1 amide bonds. The summed E-state index contributed by atoms with van der Waals surface area (Å²) in [5.41, 5.74) is 0.162. The van der Waals surface area contributed by atoms with Crippen LogP contribution in [0.25, 0.3) is 11.3 Å². The molecule has 1 aromatic carbocycles. The summed E-state index contributed by atoms with van der Waals surface area (Å²) in [6.07, 6.45) is -0.637. The molecule has 0 fully saturated rings. The quantitative estimate of drug-likeness (QED) is 0.645. The first-order valence-electron chi connectivity index (χ1n) is 6.78. The number of aromatic amines is 1. The first kappa shape index (κ1) is 16.3. The van der Waals surface area contributed by atoms with Crippen molar-refractivity contribution < 1.29 is 24.5 Å². The first-order valence-corrected chi connectivity index (χ1v) is 6.78. The SMILES string of the molecule is CC(C)(C)OC(=O)Nc1ccc(O)c(-c2cc(C(=O)O)[nH]n2)c1. The van der Waals surface area contributed by atoms with Gasteiger partial charge in [-0.05, 0) is 45.0 Å². The third kappa shape index (κ3) is 4.22. The maximum Gasteiger partial charge on any atom is 0.412 e. The predicted molar refractivity (Wildman–Crippen MR) is 82.5 cm³/mol. The van der Waals surface area contributed by atoms with E-state index in [0.29, 0.717) is 5.69 Å². The molecule has 122 valence electrons. The first-order chi connectivity index (χ1) is 10.7. The minimum Gasteiger partial charge on any atom is -0.507 e. The fourth-order valence-corrected chi connectivity index (χ4v) is 1.81. The number of aromatic carboxylic acids is 1. The van der Waals surface area contributed by atoms with Crippen molar-refractivity contribution in [3.05, 3.63) is 30.0 Å². The fraction of sp³-hybridized carbons (Fsp3) is 0.267. The summed E-state index contributed by atoms with van der Waals surface area (Å²) in [6.45, 7) is 5.23. The molecule has 0 bridgehead atoms. The number of nitrogens with zero attached hydrogens (tertiary/aromatic N) is 1. The summed E-state index contributed by atoms with van der Waals surface area (Å²) in [5.74, 6) is -1.26. The molecule has 0 radical (unpaired) electrons. The second-order valence-electron chi connectivity index (χ2n) is 5.83. The Bertz CT molecular complexity index is 746. The van der Waals surface area contributed by atoms with Crippen molar-refractivity contribution in [3.8, 4) is 17.0 Å². The molecule has 0 saturated carbocycles. The Morgan fingerprint density at radius 2 is 1.96 bits per heavy atom. The number of ether oxygens (including phenoxy) is 1. The molecule has 2 rings (SSSR count). The molecule has 0 spiro atoms. The van der Waals surface area contributed by atoms with E-state index in [2.05, 4.69) is 15.5 Å². The molecule has 2 aromatic rings. The van der Waals surface area contributed by atoms with Crippen LogP contribution in [0.1, 0.15) is 31.3 Å². The number of H-pyrrole nitrogens is 1. The van der Waals surface area contributed by atoms with E-state index < -0.39 is 17.7 Å². The van der Waals surface area contributed by atoms with Crippen molar-refractivity contribution >= 4 is 17.7 Å². The van der Waals surface area contributed by atoms with Crippen molar-refractivity contribution in [1.29, 1.82) is 0 Å². The van der Waals surface area contributed by atoms with Gasteiger partial charge < -0.3 is 14.9 Å². The average Bonchev–Trinajstić information content (AvgIpc) is 2.88. The minimum atomic E-state index is -1.16. The van der Waals surface area contributed by atoms with E-state index in [0.717, 1.165) is 0 Å². The lowest BCUT2D eigenvalue weighted by Gasteiger charge is -2.19. The summed E-state index contributed by atoms with van der Waals surface area (Å²) in [5, 5.41) is 27.5. The summed E-state index contributed by atoms with van der Waals surface area (Å²) in [4.78, 5) is 22.6. The Balaban J connectivity index is 2.25. The summed E-state index contributed by atoms with van der Waals surface area (Å²) >= 11 is 0. The Labute approximate surface area is 132 Å². The summed E-state index contributed by atoms with van der Waals surface area (Å²) < 4.78 is 5.14. The number of carboxylic acids is 1. The number of hydrogen-bond donors (Lipinski definition) is 4. The van der Waals surface area contributed by atoms with Crippen LogP contribution in [-0.2, 0) is 4.74 Å². The number of amides is 1. The van der Waals surface area contributed by atoms with E-state index in [-0.39, 0.29) is 22.7 Å². The number of anilines is 1. The van der Waals surface area contributed by atoms with Crippen LogP contribution in [0, 0.1) is 0 Å². The highest BCUT2D eigenvalue weighted by Crippen LogP contribution is 2.31. The van der Waals surface area contributed by atoms with Gasteiger partial charge in [0, 0.05) is 11.3 Å². The van der Waals surface area contributed by atoms with Crippen LogP contribution in [-0.4, -0.2) is 38.1 Å². The Morgan fingerprint density at radius 1 is 1.26 bits per heavy atom. The van der Waals surface area contributed by atoms with E-state index in [1.54, 1.807) is 20.8 Å². The normalized spacial score (nSPS) is 11.1. The van der Waals surface area contributed by atoms with Gasteiger partial charge in [-0.15, -0.1) is 0 Å². The zero-order valence-corrected chi connectivity index (χ0v) is 12.9. The van der Waals surface area contributed by atoms with Gasteiger partial charge >= 0.3 is 12.1 Å². The van der Waals surface area contributed by atoms with Gasteiger partial charge in [0.1, 0.15) is 17.0 Å². The zero-order chi connectivity index (χ0) is 17.2. The lowest BCUT2D eigenvalue weighted by atomic mass is 10.1. The van der Waals surface area contributed by atoms with Crippen molar-refractivity contribution in [3.63, 3.8) is 0 Å². The van der Waals surface area contributed by atoms with Crippen LogP contribution in [0.5, 0.6) is 5.75 Å². The maximum absolute atomic E-state index is 11.8. The lowest BCUT2D eigenvalue weighted by Crippen LogP contribution is -2.27. The number of carboxylic acid groups (broad SMARTS) is 1. The van der Waals surface area contributed by atoms with Gasteiger partial charge in [-0.2, -0.15) is 5.10 Å². The van der Waals surface area contributed by atoms with Gasteiger partial charge in [0.25, 0.3) is 0 Å². The molecule has 1 aromatic heterocycles. The van der Waals surface area contributed by atoms with Crippen LogP contribution < -0.4 is 5.32 Å². The number of carbonyl (C=O) groups excluding carboxylic acids is 1. The van der Waals surface area contributed by atoms with E-state index in [1.807, 2.05) is 0 Å². The molecule has 0 aliphatic rings. The third-order valence-electron chi connectivity index (χ3n) is 2.73. The molecule has 0 unspecified atom stereocenters. The van der Waals surface area contributed by atoms with Gasteiger partial charge in [-0.3, -0.25) is 10.4 Å². The third-order valence-corrected chi connectivity index (χ3v) is 2.73. The number of carbonyl (C=O) groups is 2. The van der Waals surface area contributed by atoms with Gasteiger partial charge in [0.2, 0.25) is 0 Å². The second-order valence-corrected chi connectivity index (χ2v) is 5.83. The highest BCUT2D eigenvalue weighted by molar-refractivity contribution is 5.89. The molecule has 0 atom stereocenters. The van der Waals surface area contributed by atoms with E-state index in [9.17, 15) is 14.7 Å².